The van der Waals surface area contributed by atoms with Crippen LogP contribution in [0.15, 0.2) is 48.5 Å². The molecule has 3 rings (SSSR count). The Kier molecular flexibility index (Phi) is 3.62. The summed E-state index contributed by atoms with van der Waals surface area (Å²) in [5.74, 6) is -0.641. The van der Waals surface area contributed by atoms with Crippen LogP contribution in [-0.4, -0.2) is 27.6 Å². The second-order valence-corrected chi connectivity index (χ2v) is 5.29. The number of benzene rings is 2. The first-order valence-electron chi connectivity index (χ1n) is 6.98. The molecule has 2 aromatic carbocycles. The minimum Gasteiger partial charge on any atom is -0.508 e. The Morgan fingerprint density at radius 1 is 1.14 bits per heavy atom. The van der Waals surface area contributed by atoms with E-state index in [1.807, 2.05) is 41.3 Å². The lowest BCUT2D eigenvalue weighted by Crippen LogP contribution is -2.39. The van der Waals surface area contributed by atoms with E-state index in [0.29, 0.717) is 13.1 Å². The van der Waals surface area contributed by atoms with Gasteiger partial charge in [-0.1, -0.05) is 42.5 Å². The van der Waals surface area contributed by atoms with Gasteiger partial charge in [-0.3, -0.25) is 9.69 Å². The third-order valence-electron chi connectivity index (χ3n) is 3.98. The third-order valence-corrected chi connectivity index (χ3v) is 3.98. The lowest BCUT2D eigenvalue weighted by Gasteiger charge is -2.34. The molecule has 0 aliphatic carbocycles. The number of aliphatic carboxylic acids is 1. The molecule has 4 heteroatoms. The van der Waals surface area contributed by atoms with Crippen LogP contribution >= 0.6 is 0 Å². The monoisotopic (exact) mass is 283 g/mol. The topological polar surface area (TPSA) is 60.8 Å². The number of fused-ring (bicyclic) bond motifs is 1. The van der Waals surface area contributed by atoms with E-state index in [0.717, 1.165) is 23.1 Å². The molecule has 1 aliphatic rings. The Morgan fingerprint density at radius 3 is 2.62 bits per heavy atom. The largest absolute Gasteiger partial charge is 0.508 e. The molecule has 2 N–H and O–H groups in total. The van der Waals surface area contributed by atoms with Crippen molar-refractivity contribution in [3.63, 3.8) is 0 Å². The van der Waals surface area contributed by atoms with E-state index in [1.54, 1.807) is 12.1 Å². The quantitative estimate of drug-likeness (QED) is 0.909. The number of para-hydroxylation sites is 1. The van der Waals surface area contributed by atoms with Crippen LogP contribution in [0, 0.1) is 0 Å². The maximum absolute atomic E-state index is 11.7. The van der Waals surface area contributed by atoms with Crippen molar-refractivity contribution in [2.24, 2.45) is 0 Å². The van der Waals surface area contributed by atoms with E-state index >= 15 is 0 Å². The number of carboxylic acid groups (broad SMARTS) is 1. The second kappa shape index (κ2) is 5.58. The third kappa shape index (κ3) is 2.62. The molecule has 21 heavy (non-hydrogen) atoms. The number of hydrogen-bond donors (Lipinski definition) is 2. The van der Waals surface area contributed by atoms with Crippen molar-refractivity contribution >= 4 is 5.97 Å². The summed E-state index contributed by atoms with van der Waals surface area (Å²) >= 11 is 0. The van der Waals surface area contributed by atoms with Crippen LogP contribution in [0.1, 0.15) is 22.7 Å². The molecule has 0 fully saturated rings. The summed E-state index contributed by atoms with van der Waals surface area (Å²) in [6.45, 7) is 1.10. The van der Waals surface area contributed by atoms with Crippen molar-refractivity contribution in [1.29, 1.82) is 0 Å². The number of nitrogens with zero attached hydrogens (tertiary/aromatic N) is 1. The zero-order valence-electron chi connectivity index (χ0n) is 11.6. The summed E-state index contributed by atoms with van der Waals surface area (Å²) < 4.78 is 0. The van der Waals surface area contributed by atoms with Crippen molar-refractivity contribution in [2.75, 3.05) is 6.54 Å². The first-order valence-corrected chi connectivity index (χ1v) is 6.98. The summed E-state index contributed by atoms with van der Waals surface area (Å²) in [5.41, 5.74) is 2.70. The van der Waals surface area contributed by atoms with E-state index in [1.165, 1.54) is 0 Å². The fourth-order valence-corrected chi connectivity index (χ4v) is 2.94. The number of phenolic OH excluding ortho intramolecular Hbond substituents is 1. The maximum atomic E-state index is 11.7. The predicted octanol–water partition coefficient (Wildman–Crippen LogP) is 2.58. The Hall–Kier alpha value is -2.33. The van der Waals surface area contributed by atoms with Crippen LogP contribution in [0.25, 0.3) is 0 Å². The Bertz CT molecular complexity index is 669. The van der Waals surface area contributed by atoms with Crippen LogP contribution in [-0.2, 0) is 17.8 Å². The van der Waals surface area contributed by atoms with Gasteiger partial charge in [0.05, 0.1) is 0 Å². The predicted molar refractivity (Wildman–Crippen MR) is 79.0 cm³/mol. The molecule has 1 unspecified atom stereocenters. The van der Waals surface area contributed by atoms with E-state index in [-0.39, 0.29) is 5.75 Å². The molecule has 1 heterocycles. The Morgan fingerprint density at radius 2 is 1.86 bits per heavy atom. The number of aromatic hydroxyl groups is 1. The van der Waals surface area contributed by atoms with Gasteiger partial charge >= 0.3 is 5.97 Å². The number of carboxylic acids is 1. The van der Waals surface area contributed by atoms with Gasteiger partial charge in [0, 0.05) is 18.7 Å². The fourth-order valence-electron chi connectivity index (χ4n) is 2.94. The van der Waals surface area contributed by atoms with Crippen LogP contribution in [0.3, 0.4) is 0 Å². The van der Waals surface area contributed by atoms with Gasteiger partial charge < -0.3 is 10.2 Å². The Labute approximate surface area is 123 Å². The maximum Gasteiger partial charge on any atom is 0.325 e. The van der Waals surface area contributed by atoms with E-state index < -0.39 is 12.0 Å². The smallest absolute Gasteiger partial charge is 0.325 e. The van der Waals surface area contributed by atoms with Crippen molar-refractivity contribution in [3.8, 4) is 5.75 Å². The fraction of sp³-hybridized carbons (Fsp3) is 0.235. The Balaban J connectivity index is 1.93. The highest BCUT2D eigenvalue weighted by Crippen LogP contribution is 2.32. The van der Waals surface area contributed by atoms with Gasteiger partial charge in [-0.05, 0) is 23.6 Å². The number of hydrogen-bond acceptors (Lipinski definition) is 3. The van der Waals surface area contributed by atoms with E-state index in [4.69, 9.17) is 0 Å². The molecule has 0 aromatic heterocycles. The van der Waals surface area contributed by atoms with Crippen LogP contribution in [0.5, 0.6) is 5.75 Å². The SMILES string of the molecule is O=C(O)C1c2ccccc2CCN1Cc1ccccc1O. The summed E-state index contributed by atoms with van der Waals surface area (Å²) in [7, 11) is 0. The van der Waals surface area contributed by atoms with Gasteiger partial charge in [0.15, 0.2) is 0 Å². The molecular weight excluding hydrogens is 266 g/mol. The number of carbonyl (C=O) groups is 1. The average molecular weight is 283 g/mol. The zero-order chi connectivity index (χ0) is 14.8. The van der Waals surface area contributed by atoms with Crippen LogP contribution in [0.4, 0.5) is 0 Å². The molecule has 1 aliphatic heterocycles. The highest BCUT2D eigenvalue weighted by molar-refractivity contribution is 5.76. The summed E-state index contributed by atoms with van der Waals surface area (Å²) in [6.07, 6.45) is 0.827. The first kappa shape index (κ1) is 13.6. The summed E-state index contributed by atoms with van der Waals surface area (Å²) in [4.78, 5) is 13.6. The molecule has 0 bridgehead atoms. The lowest BCUT2D eigenvalue weighted by atomic mass is 9.92. The van der Waals surface area contributed by atoms with E-state index in [2.05, 4.69) is 0 Å². The lowest BCUT2D eigenvalue weighted by molar-refractivity contribution is -0.144. The highest BCUT2D eigenvalue weighted by atomic mass is 16.4. The molecule has 1 atom stereocenters. The molecule has 4 nitrogen and oxygen atoms in total. The standard InChI is InChI=1S/C17H17NO3/c19-15-8-4-2-6-13(15)11-18-10-9-12-5-1-3-7-14(12)16(18)17(20)21/h1-8,16,19H,9-11H2,(H,20,21). The average Bonchev–Trinajstić information content (AvgIpc) is 2.49. The molecular formula is C17H17NO3. The summed E-state index contributed by atoms with van der Waals surface area (Å²) in [6, 6.07) is 14.1. The van der Waals surface area contributed by atoms with E-state index in [9.17, 15) is 15.0 Å². The van der Waals surface area contributed by atoms with Gasteiger partial charge in [0.1, 0.15) is 11.8 Å². The molecule has 0 amide bonds. The molecule has 0 spiro atoms. The molecule has 2 aromatic rings. The van der Waals surface area contributed by atoms with Crippen molar-refractivity contribution < 1.29 is 15.0 Å². The van der Waals surface area contributed by atoms with Crippen LogP contribution in [0.2, 0.25) is 0 Å². The molecule has 0 radical (unpaired) electrons. The zero-order valence-corrected chi connectivity index (χ0v) is 11.6. The normalized spacial score (nSPS) is 18.2. The minimum absolute atomic E-state index is 0.209. The van der Waals surface area contributed by atoms with Crippen LogP contribution < -0.4 is 0 Å². The number of rotatable bonds is 3. The number of phenols is 1. The van der Waals surface area contributed by atoms with Gasteiger partial charge in [-0.25, -0.2) is 0 Å². The van der Waals surface area contributed by atoms with Gasteiger partial charge in [-0.2, -0.15) is 0 Å². The molecule has 0 saturated heterocycles. The minimum atomic E-state index is -0.849. The van der Waals surface area contributed by atoms with Gasteiger partial charge in [0.2, 0.25) is 0 Å². The van der Waals surface area contributed by atoms with Gasteiger partial charge in [-0.15, -0.1) is 0 Å². The summed E-state index contributed by atoms with van der Waals surface area (Å²) in [5, 5.41) is 19.5. The first-order chi connectivity index (χ1) is 10.2. The van der Waals surface area contributed by atoms with Gasteiger partial charge in [0.25, 0.3) is 0 Å². The molecule has 0 saturated carbocycles. The second-order valence-electron chi connectivity index (χ2n) is 5.29. The van der Waals surface area contributed by atoms with Crippen molar-refractivity contribution in [3.05, 3.63) is 65.2 Å². The van der Waals surface area contributed by atoms with Crippen molar-refractivity contribution in [1.82, 2.24) is 4.90 Å². The molecule has 108 valence electrons. The highest BCUT2D eigenvalue weighted by Gasteiger charge is 2.32. The van der Waals surface area contributed by atoms with Crippen molar-refractivity contribution in [2.45, 2.75) is 19.0 Å².